The van der Waals surface area contributed by atoms with Crippen LogP contribution in [0.3, 0.4) is 0 Å². The topological polar surface area (TPSA) is 79.7 Å². The van der Waals surface area contributed by atoms with E-state index in [2.05, 4.69) is 38.3 Å². The minimum atomic E-state index is -0.574. The monoisotopic (exact) mass is 451 g/mol. The van der Waals surface area contributed by atoms with Gasteiger partial charge in [0.05, 0.1) is 11.2 Å². The second-order valence-electron chi connectivity index (χ2n) is 8.03. The van der Waals surface area contributed by atoms with Crippen LogP contribution in [0.5, 0.6) is 0 Å². The lowest BCUT2D eigenvalue weighted by Gasteiger charge is -2.32. The summed E-state index contributed by atoms with van der Waals surface area (Å²) in [6.07, 6.45) is 1.29. The molecule has 8 nitrogen and oxygen atoms in total. The molecule has 2 aromatic rings. The average molecular weight is 452 g/mol. The number of fused-ring (bicyclic) bond motifs is 1. The molecule has 28 heavy (non-hydrogen) atoms. The molecule has 0 bridgehead atoms. The van der Waals surface area contributed by atoms with Gasteiger partial charge in [-0.3, -0.25) is 14.8 Å². The number of anilines is 1. The Morgan fingerprint density at radius 3 is 2.54 bits per heavy atom. The third-order valence-corrected chi connectivity index (χ3v) is 5.09. The summed E-state index contributed by atoms with van der Waals surface area (Å²) >= 11 is 3.45. The van der Waals surface area contributed by atoms with Gasteiger partial charge in [0.1, 0.15) is 12.1 Å². The molecule has 1 aromatic carbocycles. The molecule has 1 saturated heterocycles. The van der Waals surface area contributed by atoms with E-state index < -0.39 is 11.7 Å². The third kappa shape index (κ3) is 5.23. The number of amides is 2. The number of carbonyl (C=O) groups is 2. The highest BCUT2D eigenvalue weighted by Gasteiger charge is 2.20. The predicted molar refractivity (Wildman–Crippen MR) is 111 cm³/mol. The summed E-state index contributed by atoms with van der Waals surface area (Å²) in [6.45, 7) is 8.89. The maximum absolute atomic E-state index is 12.5. The number of hydrogen-bond donors (Lipinski definition) is 1. The van der Waals surface area contributed by atoms with E-state index >= 15 is 0 Å². The zero-order valence-corrected chi connectivity index (χ0v) is 18.2. The Bertz CT molecular complexity index is 882. The molecular weight excluding hydrogens is 426 g/mol. The molecule has 2 heterocycles. The van der Waals surface area contributed by atoms with Crippen LogP contribution >= 0.6 is 15.9 Å². The number of nitrogens with one attached hydrogen (secondary N) is 1. The third-order valence-electron chi connectivity index (χ3n) is 4.43. The number of ether oxygens (including phenoxy) is 1. The fraction of sp³-hybridized carbons (Fsp3) is 0.526. The standard InChI is InChI=1S/C19H26BrN5O3/c1-19(2,3)28-18(27)21-16-9-13-11-25(22-15(13)10-14(16)20)12-17(26)24-7-5-23(4)6-8-24/h9-11H,5-8,12H2,1-4H3,(H,21,27). The Morgan fingerprint density at radius 2 is 1.89 bits per heavy atom. The van der Waals surface area contributed by atoms with E-state index in [-0.39, 0.29) is 12.5 Å². The first kappa shape index (κ1) is 20.6. The highest BCUT2D eigenvalue weighted by Crippen LogP contribution is 2.28. The lowest BCUT2D eigenvalue weighted by molar-refractivity contribution is -0.133. The molecule has 0 saturated carbocycles. The predicted octanol–water partition coefficient (Wildman–Crippen LogP) is 2.92. The molecule has 0 atom stereocenters. The van der Waals surface area contributed by atoms with Crippen molar-refractivity contribution >= 4 is 44.5 Å². The van der Waals surface area contributed by atoms with Crippen molar-refractivity contribution in [2.45, 2.75) is 32.9 Å². The second kappa shape index (κ2) is 8.08. The van der Waals surface area contributed by atoms with Crippen LogP contribution < -0.4 is 5.32 Å². The highest BCUT2D eigenvalue weighted by atomic mass is 79.9. The molecule has 1 fully saturated rings. The Balaban J connectivity index is 1.71. The number of hydrogen-bond acceptors (Lipinski definition) is 5. The van der Waals surface area contributed by atoms with Gasteiger partial charge in [-0.2, -0.15) is 5.10 Å². The van der Waals surface area contributed by atoms with Gasteiger partial charge in [-0.25, -0.2) is 4.79 Å². The summed E-state index contributed by atoms with van der Waals surface area (Å²) in [6, 6.07) is 3.63. The number of halogens is 1. The van der Waals surface area contributed by atoms with E-state index in [0.717, 1.165) is 37.1 Å². The summed E-state index contributed by atoms with van der Waals surface area (Å²) in [5.41, 5.74) is 0.759. The molecule has 1 aromatic heterocycles. The van der Waals surface area contributed by atoms with Crippen molar-refractivity contribution < 1.29 is 14.3 Å². The van der Waals surface area contributed by atoms with Crippen molar-refractivity contribution in [2.24, 2.45) is 0 Å². The van der Waals surface area contributed by atoms with Crippen molar-refractivity contribution in [3.63, 3.8) is 0 Å². The molecule has 1 N–H and O–H groups in total. The maximum Gasteiger partial charge on any atom is 0.412 e. The Kier molecular flexibility index (Phi) is 5.95. The van der Waals surface area contributed by atoms with Gasteiger partial charge in [-0.1, -0.05) is 0 Å². The molecule has 3 rings (SSSR count). The fourth-order valence-electron chi connectivity index (χ4n) is 2.98. The summed E-state index contributed by atoms with van der Waals surface area (Å²) in [7, 11) is 2.06. The molecule has 0 spiro atoms. The smallest absolute Gasteiger partial charge is 0.412 e. The summed E-state index contributed by atoms with van der Waals surface area (Å²) in [5, 5.41) is 8.06. The average Bonchev–Trinajstić information content (AvgIpc) is 2.94. The SMILES string of the molecule is CN1CCN(C(=O)Cn2cc3cc(NC(=O)OC(C)(C)C)c(Br)cc3n2)CC1. The number of nitrogens with zero attached hydrogens (tertiary/aromatic N) is 4. The summed E-state index contributed by atoms with van der Waals surface area (Å²) < 4.78 is 7.64. The van der Waals surface area contributed by atoms with Gasteiger partial charge in [0, 0.05) is 42.2 Å². The molecule has 1 aliphatic heterocycles. The van der Waals surface area contributed by atoms with Gasteiger partial charge in [0.25, 0.3) is 0 Å². The number of piperazine rings is 1. The van der Waals surface area contributed by atoms with Gasteiger partial charge in [-0.05, 0) is 55.9 Å². The van der Waals surface area contributed by atoms with Crippen LogP contribution in [0.25, 0.3) is 10.9 Å². The highest BCUT2D eigenvalue weighted by molar-refractivity contribution is 9.10. The van der Waals surface area contributed by atoms with Crippen LogP contribution in [0.2, 0.25) is 0 Å². The summed E-state index contributed by atoms with van der Waals surface area (Å²) in [4.78, 5) is 28.6. The van der Waals surface area contributed by atoms with Gasteiger partial charge >= 0.3 is 6.09 Å². The number of carbonyl (C=O) groups excluding carboxylic acids is 2. The summed E-state index contributed by atoms with van der Waals surface area (Å²) in [5.74, 6) is 0.0621. The van der Waals surface area contributed by atoms with Crippen LogP contribution in [-0.2, 0) is 16.1 Å². The van der Waals surface area contributed by atoms with Crippen LogP contribution in [0.15, 0.2) is 22.8 Å². The Labute approximate surface area is 172 Å². The number of likely N-dealkylation sites (N-methyl/N-ethyl adjacent to an activating group) is 1. The normalized spacial score (nSPS) is 15.7. The molecule has 9 heteroatoms. The Morgan fingerprint density at radius 1 is 1.21 bits per heavy atom. The van der Waals surface area contributed by atoms with E-state index in [9.17, 15) is 9.59 Å². The molecule has 1 aliphatic rings. The van der Waals surface area contributed by atoms with E-state index in [1.807, 2.05) is 44.0 Å². The molecule has 152 valence electrons. The van der Waals surface area contributed by atoms with Crippen LogP contribution in [0, 0.1) is 0 Å². The first-order valence-electron chi connectivity index (χ1n) is 9.24. The maximum atomic E-state index is 12.5. The van der Waals surface area contributed by atoms with Crippen molar-refractivity contribution in [1.29, 1.82) is 0 Å². The van der Waals surface area contributed by atoms with Crippen LogP contribution in [-0.4, -0.2) is 70.4 Å². The van der Waals surface area contributed by atoms with Crippen molar-refractivity contribution in [3.8, 4) is 0 Å². The first-order valence-corrected chi connectivity index (χ1v) is 10.0. The minimum Gasteiger partial charge on any atom is -0.444 e. The fourth-order valence-corrected chi connectivity index (χ4v) is 3.41. The second-order valence-corrected chi connectivity index (χ2v) is 8.88. The van der Waals surface area contributed by atoms with Gasteiger partial charge in [-0.15, -0.1) is 0 Å². The van der Waals surface area contributed by atoms with Gasteiger partial charge in [0.2, 0.25) is 5.91 Å². The van der Waals surface area contributed by atoms with Gasteiger partial charge in [0.15, 0.2) is 0 Å². The zero-order valence-electron chi connectivity index (χ0n) is 16.7. The van der Waals surface area contributed by atoms with Crippen LogP contribution in [0.4, 0.5) is 10.5 Å². The number of aromatic nitrogens is 2. The quantitative estimate of drug-likeness (QED) is 0.775. The molecular formula is C19H26BrN5O3. The molecule has 0 radical (unpaired) electrons. The van der Waals surface area contributed by atoms with Crippen molar-refractivity contribution in [2.75, 3.05) is 38.5 Å². The largest absolute Gasteiger partial charge is 0.444 e. The minimum absolute atomic E-state index is 0.0621. The number of benzene rings is 1. The van der Waals surface area contributed by atoms with E-state index in [1.165, 1.54) is 0 Å². The first-order chi connectivity index (χ1) is 13.1. The molecule has 0 aliphatic carbocycles. The van der Waals surface area contributed by atoms with E-state index in [0.29, 0.717) is 10.2 Å². The van der Waals surface area contributed by atoms with E-state index in [4.69, 9.17) is 4.74 Å². The molecule has 0 unspecified atom stereocenters. The molecule has 2 amide bonds. The van der Waals surface area contributed by atoms with Crippen molar-refractivity contribution in [1.82, 2.24) is 19.6 Å². The lowest BCUT2D eigenvalue weighted by atomic mass is 10.2. The van der Waals surface area contributed by atoms with Crippen molar-refractivity contribution in [3.05, 3.63) is 22.8 Å². The zero-order chi connectivity index (χ0) is 20.5. The van der Waals surface area contributed by atoms with E-state index in [1.54, 1.807) is 4.68 Å². The number of rotatable bonds is 3. The van der Waals surface area contributed by atoms with Gasteiger partial charge < -0.3 is 14.5 Å². The Hall–Kier alpha value is -2.13. The lowest BCUT2D eigenvalue weighted by Crippen LogP contribution is -2.48. The van der Waals surface area contributed by atoms with Crippen LogP contribution in [0.1, 0.15) is 20.8 Å².